The summed E-state index contributed by atoms with van der Waals surface area (Å²) in [6, 6.07) is 6.66. The number of carbonyl (C=O) groups excluding carboxylic acids is 1. The molecule has 0 bridgehead atoms. The van der Waals surface area contributed by atoms with Gasteiger partial charge in [-0.3, -0.25) is 4.79 Å². The first-order valence-electron chi connectivity index (χ1n) is 7.53. The fourth-order valence-electron chi connectivity index (χ4n) is 2.22. The fraction of sp³-hybridized carbons (Fsp3) is 0.294. The number of amides is 1. The quantitative estimate of drug-likeness (QED) is 0.776. The van der Waals surface area contributed by atoms with Crippen LogP contribution in [0.2, 0.25) is 0 Å². The largest absolute Gasteiger partial charge is 0.317 e. The molecular formula is C17H17FN2O3S2. The van der Waals surface area contributed by atoms with Crippen molar-refractivity contribution >= 4 is 32.1 Å². The Kier molecular flexibility index (Phi) is 5.93. The maximum absolute atomic E-state index is 12.9. The van der Waals surface area contributed by atoms with Crippen LogP contribution in [0, 0.1) is 31.0 Å². The zero-order chi connectivity index (χ0) is 18.6. The van der Waals surface area contributed by atoms with Gasteiger partial charge in [0, 0.05) is 11.3 Å². The number of carbonyl (C=O) groups is 1. The highest BCUT2D eigenvalue weighted by Crippen LogP contribution is 2.31. The minimum absolute atomic E-state index is 0.0152. The Labute approximate surface area is 150 Å². The first-order chi connectivity index (χ1) is 11.7. The van der Waals surface area contributed by atoms with Gasteiger partial charge in [-0.2, -0.15) is 5.26 Å². The van der Waals surface area contributed by atoms with E-state index in [1.54, 1.807) is 0 Å². The highest BCUT2D eigenvalue weighted by atomic mass is 32.2. The second-order valence-corrected chi connectivity index (χ2v) is 8.86. The molecule has 132 valence electrons. The molecule has 0 spiro atoms. The topological polar surface area (TPSA) is 87.0 Å². The third-order valence-corrected chi connectivity index (χ3v) is 6.68. The van der Waals surface area contributed by atoms with Crippen LogP contribution in [-0.4, -0.2) is 20.1 Å². The van der Waals surface area contributed by atoms with Gasteiger partial charge in [-0.15, -0.1) is 11.3 Å². The first kappa shape index (κ1) is 19.1. The third kappa shape index (κ3) is 4.65. The third-order valence-electron chi connectivity index (χ3n) is 3.74. The Morgan fingerprint density at radius 3 is 2.52 bits per heavy atom. The van der Waals surface area contributed by atoms with E-state index in [1.165, 1.54) is 23.5 Å². The summed E-state index contributed by atoms with van der Waals surface area (Å²) in [4.78, 5) is 13.0. The predicted molar refractivity (Wildman–Crippen MR) is 94.8 cm³/mol. The van der Waals surface area contributed by atoms with Gasteiger partial charge in [0.2, 0.25) is 5.91 Å². The number of benzene rings is 1. The van der Waals surface area contributed by atoms with Crippen LogP contribution >= 0.6 is 11.3 Å². The van der Waals surface area contributed by atoms with Crippen LogP contribution in [0.25, 0.3) is 0 Å². The molecule has 1 amide bonds. The van der Waals surface area contributed by atoms with Gasteiger partial charge in [0.15, 0.2) is 9.84 Å². The van der Waals surface area contributed by atoms with E-state index < -0.39 is 15.7 Å². The van der Waals surface area contributed by atoms with Crippen LogP contribution in [0.5, 0.6) is 0 Å². The van der Waals surface area contributed by atoms with Gasteiger partial charge in [0.25, 0.3) is 0 Å². The van der Waals surface area contributed by atoms with Crippen LogP contribution in [0.1, 0.15) is 28.8 Å². The molecule has 0 aliphatic rings. The van der Waals surface area contributed by atoms with Crippen LogP contribution < -0.4 is 5.32 Å². The lowest BCUT2D eigenvalue weighted by molar-refractivity contribution is -0.116. The average Bonchev–Trinajstić information content (AvgIpc) is 2.81. The molecule has 1 aromatic carbocycles. The second-order valence-electron chi connectivity index (χ2n) is 5.52. The number of thiophene rings is 1. The molecule has 1 aromatic heterocycles. The van der Waals surface area contributed by atoms with Crippen molar-refractivity contribution < 1.29 is 17.6 Å². The maximum Gasteiger partial charge on any atom is 0.225 e. The van der Waals surface area contributed by atoms with E-state index in [4.69, 9.17) is 5.26 Å². The Morgan fingerprint density at radius 1 is 1.28 bits per heavy atom. The van der Waals surface area contributed by atoms with Crippen LogP contribution in [0.4, 0.5) is 9.39 Å². The molecule has 1 N–H and O–H groups in total. The number of rotatable bonds is 6. The van der Waals surface area contributed by atoms with Crippen LogP contribution in [0.15, 0.2) is 29.2 Å². The van der Waals surface area contributed by atoms with Gasteiger partial charge >= 0.3 is 0 Å². The number of hydrogen-bond acceptors (Lipinski definition) is 5. The molecule has 0 saturated heterocycles. The van der Waals surface area contributed by atoms with Crippen LogP contribution in [0.3, 0.4) is 0 Å². The zero-order valence-corrected chi connectivity index (χ0v) is 15.4. The summed E-state index contributed by atoms with van der Waals surface area (Å²) in [6.07, 6.45) is 0.151. The number of nitrogens with zero attached hydrogens (tertiary/aromatic N) is 1. The number of nitrogens with one attached hydrogen (secondary N) is 1. The smallest absolute Gasteiger partial charge is 0.225 e. The Hall–Kier alpha value is -2.24. The van der Waals surface area contributed by atoms with E-state index in [2.05, 4.69) is 11.4 Å². The minimum atomic E-state index is -3.56. The lowest BCUT2D eigenvalue weighted by Crippen LogP contribution is -2.14. The SMILES string of the molecule is Cc1sc(NC(=O)CCCS(=O)(=O)c2ccc(F)cc2)c(C#N)c1C. The predicted octanol–water partition coefficient (Wildman–Crippen LogP) is 3.57. The fourth-order valence-corrected chi connectivity index (χ4v) is 4.56. The van der Waals surface area contributed by atoms with Gasteiger partial charge in [-0.05, 0) is 50.1 Å². The summed E-state index contributed by atoms with van der Waals surface area (Å²) in [5, 5.41) is 12.3. The molecule has 0 fully saturated rings. The number of nitriles is 1. The number of sulfone groups is 1. The van der Waals surface area contributed by atoms with Crippen molar-refractivity contribution in [2.24, 2.45) is 0 Å². The molecule has 25 heavy (non-hydrogen) atoms. The number of aryl methyl sites for hydroxylation is 1. The van der Waals surface area contributed by atoms with Crippen molar-refractivity contribution in [3.63, 3.8) is 0 Å². The maximum atomic E-state index is 12.9. The van der Waals surface area contributed by atoms with E-state index in [1.807, 2.05) is 13.8 Å². The molecular weight excluding hydrogens is 363 g/mol. The van der Waals surface area contributed by atoms with Crippen molar-refractivity contribution in [1.29, 1.82) is 5.26 Å². The van der Waals surface area contributed by atoms with E-state index in [0.29, 0.717) is 10.6 Å². The first-order valence-corrected chi connectivity index (χ1v) is 9.99. The molecule has 0 atom stereocenters. The summed E-state index contributed by atoms with van der Waals surface area (Å²) in [5.41, 5.74) is 1.27. The van der Waals surface area contributed by atoms with Crippen molar-refractivity contribution in [2.75, 3.05) is 11.1 Å². The summed E-state index contributed by atoms with van der Waals surface area (Å²) in [6.45, 7) is 3.68. The van der Waals surface area contributed by atoms with Crippen molar-refractivity contribution in [3.05, 3.63) is 46.1 Å². The van der Waals surface area contributed by atoms with Crippen molar-refractivity contribution in [3.8, 4) is 6.07 Å². The molecule has 0 aliphatic carbocycles. The summed E-state index contributed by atoms with van der Waals surface area (Å²) in [7, 11) is -3.56. The molecule has 2 aromatic rings. The molecule has 0 unspecified atom stereocenters. The average molecular weight is 380 g/mol. The lowest BCUT2D eigenvalue weighted by atomic mass is 10.2. The molecule has 0 aliphatic heterocycles. The summed E-state index contributed by atoms with van der Waals surface area (Å²) >= 11 is 1.32. The number of halogens is 1. The highest BCUT2D eigenvalue weighted by Gasteiger charge is 2.17. The second kappa shape index (κ2) is 7.76. The van der Waals surface area contributed by atoms with E-state index in [0.717, 1.165) is 22.6 Å². The standard InChI is InChI=1S/C17H17FN2O3S2/c1-11-12(2)24-17(15(11)10-19)20-16(21)4-3-9-25(22,23)14-7-5-13(18)6-8-14/h5-8H,3-4,9H2,1-2H3,(H,20,21). The zero-order valence-electron chi connectivity index (χ0n) is 13.8. The minimum Gasteiger partial charge on any atom is -0.317 e. The van der Waals surface area contributed by atoms with Gasteiger partial charge in [0.05, 0.1) is 16.2 Å². The Bertz CT molecular complexity index is 926. The highest BCUT2D eigenvalue weighted by molar-refractivity contribution is 7.91. The van der Waals surface area contributed by atoms with E-state index in [-0.39, 0.29) is 29.4 Å². The van der Waals surface area contributed by atoms with Crippen LogP contribution in [-0.2, 0) is 14.6 Å². The lowest BCUT2D eigenvalue weighted by Gasteiger charge is -2.05. The van der Waals surface area contributed by atoms with Crippen molar-refractivity contribution in [2.45, 2.75) is 31.6 Å². The summed E-state index contributed by atoms with van der Waals surface area (Å²) < 4.78 is 37.1. The van der Waals surface area contributed by atoms with Gasteiger partial charge in [-0.1, -0.05) is 0 Å². The van der Waals surface area contributed by atoms with E-state index >= 15 is 0 Å². The molecule has 8 heteroatoms. The normalized spacial score (nSPS) is 11.1. The van der Waals surface area contributed by atoms with E-state index in [9.17, 15) is 17.6 Å². The number of hydrogen-bond donors (Lipinski definition) is 1. The Morgan fingerprint density at radius 2 is 1.92 bits per heavy atom. The monoisotopic (exact) mass is 380 g/mol. The molecule has 5 nitrogen and oxygen atoms in total. The Balaban J connectivity index is 1.94. The molecule has 1 heterocycles. The van der Waals surface area contributed by atoms with Crippen molar-refractivity contribution in [1.82, 2.24) is 0 Å². The molecule has 0 saturated carbocycles. The van der Waals surface area contributed by atoms with Gasteiger partial charge < -0.3 is 5.32 Å². The van der Waals surface area contributed by atoms with Gasteiger partial charge in [-0.25, -0.2) is 12.8 Å². The molecule has 2 rings (SSSR count). The van der Waals surface area contributed by atoms with Gasteiger partial charge in [0.1, 0.15) is 16.9 Å². The number of anilines is 1. The molecule has 0 radical (unpaired) electrons. The summed E-state index contributed by atoms with van der Waals surface area (Å²) in [5.74, 6) is -1.06.